The lowest BCUT2D eigenvalue weighted by Gasteiger charge is -2.09. The minimum absolute atomic E-state index is 0.763. The zero-order valence-electron chi connectivity index (χ0n) is 13.5. The van der Waals surface area contributed by atoms with Crippen molar-refractivity contribution in [2.24, 2.45) is 7.05 Å². The topological polar surface area (TPSA) is 35.6 Å². The average Bonchev–Trinajstić information content (AvgIpc) is 3.25. The van der Waals surface area contributed by atoms with Crippen molar-refractivity contribution in [1.29, 1.82) is 0 Å². The Morgan fingerprint density at radius 2 is 1.75 bits per heavy atom. The fraction of sp³-hybridized carbons (Fsp3) is 0.100. The van der Waals surface area contributed by atoms with Gasteiger partial charge in [-0.1, -0.05) is 48.5 Å². The van der Waals surface area contributed by atoms with Crippen molar-refractivity contribution in [3.05, 3.63) is 84.9 Å². The van der Waals surface area contributed by atoms with Crippen LogP contribution in [-0.2, 0) is 13.6 Å². The Kier molecular flexibility index (Phi) is 3.71. The predicted molar refractivity (Wildman–Crippen MR) is 95.4 cm³/mol. The zero-order valence-corrected chi connectivity index (χ0v) is 13.5. The Morgan fingerprint density at radius 1 is 0.917 bits per heavy atom. The van der Waals surface area contributed by atoms with Gasteiger partial charge in [0.1, 0.15) is 0 Å². The van der Waals surface area contributed by atoms with Gasteiger partial charge in [-0.05, 0) is 17.7 Å². The van der Waals surface area contributed by atoms with E-state index < -0.39 is 0 Å². The van der Waals surface area contributed by atoms with E-state index in [1.165, 1.54) is 11.1 Å². The molecule has 0 aliphatic carbocycles. The highest BCUT2D eigenvalue weighted by Crippen LogP contribution is 2.31. The van der Waals surface area contributed by atoms with Crippen molar-refractivity contribution in [2.75, 3.05) is 0 Å². The molecule has 0 atom stereocenters. The first kappa shape index (κ1) is 14.5. The van der Waals surface area contributed by atoms with Gasteiger partial charge in [0.25, 0.3) is 0 Å². The second-order valence-electron chi connectivity index (χ2n) is 5.82. The zero-order chi connectivity index (χ0) is 16.4. The molecule has 0 bridgehead atoms. The van der Waals surface area contributed by atoms with Gasteiger partial charge in [0.15, 0.2) is 0 Å². The van der Waals surface area contributed by atoms with E-state index in [0.717, 1.165) is 23.5 Å². The summed E-state index contributed by atoms with van der Waals surface area (Å²) in [5.41, 5.74) is 5.65. The van der Waals surface area contributed by atoms with Crippen molar-refractivity contribution in [3.8, 4) is 22.5 Å². The number of rotatable bonds is 4. The Morgan fingerprint density at radius 3 is 2.54 bits per heavy atom. The van der Waals surface area contributed by atoms with E-state index in [9.17, 15) is 0 Å². The molecule has 0 amide bonds. The van der Waals surface area contributed by atoms with Crippen molar-refractivity contribution in [3.63, 3.8) is 0 Å². The second kappa shape index (κ2) is 6.16. The van der Waals surface area contributed by atoms with Crippen molar-refractivity contribution < 1.29 is 0 Å². The maximum Gasteiger partial charge on any atom is 0.0963 e. The van der Waals surface area contributed by atoms with Gasteiger partial charge in [0.2, 0.25) is 0 Å². The SMILES string of the molecule is Cn1cnc(-c2ccccc2)c1-c1cccc(Cn2cccn2)c1. The molecule has 4 nitrogen and oxygen atoms in total. The van der Waals surface area contributed by atoms with E-state index in [1.807, 2.05) is 48.5 Å². The Hall–Kier alpha value is -3.14. The Bertz CT molecular complexity index is 937. The number of aromatic nitrogens is 4. The first-order valence-electron chi connectivity index (χ1n) is 7.95. The van der Waals surface area contributed by atoms with Crippen molar-refractivity contribution >= 4 is 0 Å². The summed E-state index contributed by atoms with van der Waals surface area (Å²) in [4.78, 5) is 4.61. The van der Waals surface area contributed by atoms with Crippen LogP contribution < -0.4 is 0 Å². The van der Waals surface area contributed by atoms with E-state index in [-0.39, 0.29) is 0 Å². The second-order valence-corrected chi connectivity index (χ2v) is 5.82. The largest absolute Gasteiger partial charge is 0.333 e. The van der Waals surface area contributed by atoms with Gasteiger partial charge >= 0.3 is 0 Å². The summed E-state index contributed by atoms with van der Waals surface area (Å²) in [6.45, 7) is 0.763. The highest BCUT2D eigenvalue weighted by atomic mass is 15.3. The molecule has 4 heteroatoms. The summed E-state index contributed by atoms with van der Waals surface area (Å²) in [6.07, 6.45) is 5.66. The first-order valence-corrected chi connectivity index (χ1v) is 7.95. The summed E-state index contributed by atoms with van der Waals surface area (Å²) in [5.74, 6) is 0. The normalized spacial score (nSPS) is 10.9. The molecule has 4 aromatic rings. The summed E-state index contributed by atoms with van der Waals surface area (Å²) in [5, 5.41) is 4.29. The lowest BCUT2D eigenvalue weighted by atomic mass is 10.0. The number of hydrogen-bond donors (Lipinski definition) is 0. The molecule has 0 spiro atoms. The summed E-state index contributed by atoms with van der Waals surface area (Å²) >= 11 is 0. The van der Waals surface area contributed by atoms with Crippen LogP contribution in [-0.4, -0.2) is 19.3 Å². The summed E-state index contributed by atoms with van der Waals surface area (Å²) in [7, 11) is 2.04. The molecule has 0 aliphatic rings. The molecule has 0 unspecified atom stereocenters. The van der Waals surface area contributed by atoms with Crippen LogP contribution in [0.3, 0.4) is 0 Å². The number of imidazole rings is 1. The van der Waals surface area contributed by atoms with E-state index in [2.05, 4.69) is 51.0 Å². The maximum absolute atomic E-state index is 4.61. The molecule has 0 saturated heterocycles. The third-order valence-electron chi connectivity index (χ3n) is 4.09. The standard InChI is InChI=1S/C20H18N4/c1-23-15-21-19(17-8-3-2-4-9-17)20(23)18-10-5-7-16(13-18)14-24-12-6-11-22-24/h2-13,15H,14H2,1H3. The molecule has 2 aromatic heterocycles. The lowest BCUT2D eigenvalue weighted by molar-refractivity contribution is 0.687. The molecule has 0 aliphatic heterocycles. The molecule has 0 fully saturated rings. The van der Waals surface area contributed by atoms with E-state index in [4.69, 9.17) is 0 Å². The molecule has 118 valence electrons. The highest BCUT2D eigenvalue weighted by molar-refractivity contribution is 5.78. The molecule has 0 saturated carbocycles. The van der Waals surface area contributed by atoms with E-state index >= 15 is 0 Å². The molecule has 2 aromatic carbocycles. The number of hydrogen-bond acceptors (Lipinski definition) is 2. The molecule has 24 heavy (non-hydrogen) atoms. The van der Waals surface area contributed by atoms with E-state index in [0.29, 0.717) is 0 Å². The fourth-order valence-corrected chi connectivity index (χ4v) is 2.98. The summed E-state index contributed by atoms with van der Waals surface area (Å²) < 4.78 is 4.01. The Labute approximate surface area is 141 Å². The van der Waals surface area contributed by atoms with Gasteiger partial charge in [-0.25, -0.2) is 4.98 Å². The predicted octanol–water partition coefficient (Wildman–Crippen LogP) is 4.00. The quantitative estimate of drug-likeness (QED) is 0.571. The van der Waals surface area contributed by atoms with Crippen molar-refractivity contribution in [2.45, 2.75) is 6.54 Å². The minimum atomic E-state index is 0.763. The third kappa shape index (κ3) is 2.74. The van der Waals surface area contributed by atoms with E-state index in [1.54, 1.807) is 6.20 Å². The van der Waals surface area contributed by atoms with Gasteiger partial charge in [-0.2, -0.15) is 5.10 Å². The number of aryl methyl sites for hydroxylation is 1. The van der Waals surface area contributed by atoms with Crippen LogP contribution in [0.25, 0.3) is 22.5 Å². The van der Waals surface area contributed by atoms with Gasteiger partial charge in [0.05, 0.1) is 24.3 Å². The van der Waals surface area contributed by atoms with Gasteiger partial charge < -0.3 is 4.57 Å². The molecule has 0 radical (unpaired) electrons. The minimum Gasteiger partial charge on any atom is -0.333 e. The van der Waals surface area contributed by atoms with Crippen molar-refractivity contribution in [1.82, 2.24) is 19.3 Å². The fourth-order valence-electron chi connectivity index (χ4n) is 2.98. The van der Waals surface area contributed by atoms with Crippen LogP contribution in [0.4, 0.5) is 0 Å². The summed E-state index contributed by atoms with van der Waals surface area (Å²) in [6, 6.07) is 20.8. The average molecular weight is 314 g/mol. The maximum atomic E-state index is 4.61. The van der Waals surface area contributed by atoms with Crippen LogP contribution in [0.5, 0.6) is 0 Å². The smallest absolute Gasteiger partial charge is 0.0963 e. The number of benzene rings is 2. The van der Waals surface area contributed by atoms with Crippen LogP contribution in [0, 0.1) is 0 Å². The van der Waals surface area contributed by atoms with Crippen LogP contribution in [0.2, 0.25) is 0 Å². The molecular formula is C20H18N4. The highest BCUT2D eigenvalue weighted by Gasteiger charge is 2.13. The van der Waals surface area contributed by atoms with Crippen LogP contribution in [0.15, 0.2) is 79.4 Å². The van der Waals surface area contributed by atoms with Gasteiger partial charge in [-0.15, -0.1) is 0 Å². The molecule has 2 heterocycles. The molecule has 0 N–H and O–H groups in total. The van der Waals surface area contributed by atoms with Gasteiger partial charge in [0, 0.05) is 30.6 Å². The Balaban J connectivity index is 1.76. The third-order valence-corrected chi connectivity index (χ3v) is 4.09. The monoisotopic (exact) mass is 314 g/mol. The number of nitrogens with zero attached hydrogens (tertiary/aromatic N) is 4. The van der Waals surface area contributed by atoms with Gasteiger partial charge in [-0.3, -0.25) is 4.68 Å². The van der Waals surface area contributed by atoms with Crippen LogP contribution in [0.1, 0.15) is 5.56 Å². The lowest BCUT2D eigenvalue weighted by Crippen LogP contribution is -2.00. The first-order chi connectivity index (χ1) is 11.8. The van der Waals surface area contributed by atoms with Crippen LogP contribution >= 0.6 is 0 Å². The molecule has 4 rings (SSSR count). The molecular weight excluding hydrogens is 296 g/mol.